The van der Waals surface area contributed by atoms with Crippen LogP contribution in [0.1, 0.15) is 21.5 Å². The van der Waals surface area contributed by atoms with Crippen LogP contribution in [-0.2, 0) is 0 Å². The molecule has 4 nitrogen and oxygen atoms in total. The molecule has 0 aliphatic heterocycles. The van der Waals surface area contributed by atoms with Gasteiger partial charge in [-0.15, -0.1) is 0 Å². The molecular formula is C15H15ClN2O2. The van der Waals surface area contributed by atoms with Crippen molar-refractivity contribution in [1.29, 1.82) is 0 Å². The summed E-state index contributed by atoms with van der Waals surface area (Å²) in [5.74, 6) is 0.470. The molecule has 1 aromatic heterocycles. The van der Waals surface area contributed by atoms with Gasteiger partial charge < -0.3 is 10.1 Å². The first kappa shape index (κ1) is 14.3. The zero-order chi connectivity index (χ0) is 14.7. The zero-order valence-corrected chi connectivity index (χ0v) is 12.3. The van der Waals surface area contributed by atoms with Crippen molar-refractivity contribution in [2.45, 2.75) is 13.8 Å². The Bertz CT molecular complexity index is 656. The number of benzene rings is 1. The van der Waals surface area contributed by atoms with Crippen molar-refractivity contribution < 1.29 is 9.53 Å². The molecular weight excluding hydrogens is 276 g/mol. The van der Waals surface area contributed by atoms with Gasteiger partial charge in [0.2, 0.25) is 0 Å². The number of anilines is 1. The maximum absolute atomic E-state index is 12.2. The largest absolute Gasteiger partial charge is 0.496 e. The van der Waals surface area contributed by atoms with E-state index in [4.69, 9.17) is 16.3 Å². The molecule has 1 aromatic carbocycles. The third-order valence-electron chi connectivity index (χ3n) is 3.06. The molecule has 0 radical (unpaired) electrons. The second-order valence-electron chi connectivity index (χ2n) is 4.38. The number of ether oxygens (including phenoxy) is 1. The number of nitrogens with one attached hydrogen (secondary N) is 1. The Labute approximate surface area is 122 Å². The van der Waals surface area contributed by atoms with Gasteiger partial charge in [-0.05, 0) is 37.6 Å². The van der Waals surface area contributed by atoms with Crippen molar-refractivity contribution in [3.05, 3.63) is 52.3 Å². The highest BCUT2D eigenvalue weighted by Gasteiger charge is 2.14. The number of amides is 1. The Morgan fingerprint density at radius 3 is 2.70 bits per heavy atom. The average molecular weight is 291 g/mol. The van der Waals surface area contributed by atoms with Crippen LogP contribution in [-0.4, -0.2) is 18.0 Å². The molecule has 0 aliphatic rings. The molecule has 0 bridgehead atoms. The minimum atomic E-state index is -0.294. The summed E-state index contributed by atoms with van der Waals surface area (Å²) in [6, 6.07) is 7.04. The Morgan fingerprint density at radius 2 is 2.05 bits per heavy atom. The molecule has 2 rings (SSSR count). The first-order valence-electron chi connectivity index (χ1n) is 6.10. The summed E-state index contributed by atoms with van der Waals surface area (Å²) in [5, 5.41) is 3.01. The number of nitrogens with zero attached hydrogens (tertiary/aromatic N) is 1. The van der Waals surface area contributed by atoms with Crippen molar-refractivity contribution >= 4 is 23.2 Å². The molecule has 0 saturated carbocycles. The van der Waals surface area contributed by atoms with Crippen LogP contribution in [0.4, 0.5) is 5.69 Å². The first-order chi connectivity index (χ1) is 9.54. The lowest BCUT2D eigenvalue weighted by Gasteiger charge is -2.14. The smallest absolute Gasteiger partial charge is 0.258 e. The van der Waals surface area contributed by atoms with Crippen molar-refractivity contribution in [2.75, 3.05) is 12.4 Å². The highest BCUT2D eigenvalue weighted by Crippen LogP contribution is 2.29. The summed E-state index contributed by atoms with van der Waals surface area (Å²) in [6.45, 7) is 3.85. The van der Waals surface area contributed by atoms with Crippen LogP contribution in [0, 0.1) is 13.8 Å². The zero-order valence-electron chi connectivity index (χ0n) is 11.5. The molecule has 0 fully saturated rings. The number of hydrogen-bond donors (Lipinski definition) is 1. The van der Waals surface area contributed by atoms with Crippen molar-refractivity contribution in [3.8, 4) is 5.75 Å². The third kappa shape index (κ3) is 2.75. The van der Waals surface area contributed by atoms with Crippen LogP contribution in [0.2, 0.25) is 5.15 Å². The highest BCUT2D eigenvalue weighted by molar-refractivity contribution is 6.33. The van der Waals surface area contributed by atoms with Gasteiger partial charge in [-0.25, -0.2) is 4.98 Å². The number of rotatable bonds is 3. The SMILES string of the molecule is COc1c(C)ccc(NC(=O)c2cccnc2Cl)c1C. The molecule has 0 unspecified atom stereocenters. The number of hydrogen-bond acceptors (Lipinski definition) is 3. The average Bonchev–Trinajstić information content (AvgIpc) is 2.43. The van der Waals surface area contributed by atoms with E-state index in [9.17, 15) is 4.79 Å². The molecule has 0 saturated heterocycles. The van der Waals surface area contributed by atoms with Crippen LogP contribution in [0.15, 0.2) is 30.5 Å². The summed E-state index contributed by atoms with van der Waals surface area (Å²) in [7, 11) is 1.61. The quantitative estimate of drug-likeness (QED) is 0.879. The Hall–Kier alpha value is -2.07. The maximum Gasteiger partial charge on any atom is 0.258 e. The predicted octanol–water partition coefficient (Wildman–Crippen LogP) is 3.61. The van der Waals surface area contributed by atoms with E-state index in [-0.39, 0.29) is 11.1 Å². The molecule has 1 N–H and O–H groups in total. The van der Waals surface area contributed by atoms with Gasteiger partial charge in [0.1, 0.15) is 10.9 Å². The molecule has 1 heterocycles. The van der Waals surface area contributed by atoms with Gasteiger partial charge in [-0.2, -0.15) is 0 Å². The number of aromatic nitrogens is 1. The summed E-state index contributed by atoms with van der Waals surface area (Å²) < 4.78 is 5.34. The Kier molecular flexibility index (Phi) is 4.25. The van der Waals surface area contributed by atoms with Crippen molar-refractivity contribution in [1.82, 2.24) is 4.98 Å². The fraction of sp³-hybridized carbons (Fsp3) is 0.200. The first-order valence-corrected chi connectivity index (χ1v) is 6.48. The number of halogens is 1. The topological polar surface area (TPSA) is 51.2 Å². The minimum Gasteiger partial charge on any atom is -0.496 e. The maximum atomic E-state index is 12.2. The number of aryl methyl sites for hydroxylation is 1. The van der Waals surface area contributed by atoms with Gasteiger partial charge in [-0.1, -0.05) is 17.7 Å². The standard InChI is InChI=1S/C15H15ClN2O2/c1-9-6-7-12(10(2)13(9)20-3)18-15(19)11-5-4-8-17-14(11)16/h4-8H,1-3H3,(H,18,19). The number of carbonyl (C=O) groups excluding carboxylic acids is 1. The molecule has 1 amide bonds. The van der Waals surface area contributed by atoms with Crippen LogP contribution in [0.5, 0.6) is 5.75 Å². The van der Waals surface area contributed by atoms with Gasteiger partial charge in [-0.3, -0.25) is 4.79 Å². The molecule has 20 heavy (non-hydrogen) atoms. The van der Waals surface area contributed by atoms with Gasteiger partial charge in [0.25, 0.3) is 5.91 Å². The summed E-state index contributed by atoms with van der Waals surface area (Å²) in [4.78, 5) is 16.1. The van der Waals surface area contributed by atoms with E-state index in [0.717, 1.165) is 16.9 Å². The fourth-order valence-corrected chi connectivity index (χ4v) is 2.23. The van der Waals surface area contributed by atoms with Gasteiger partial charge in [0, 0.05) is 17.4 Å². The van der Waals surface area contributed by atoms with E-state index >= 15 is 0 Å². The lowest BCUT2D eigenvalue weighted by Crippen LogP contribution is -2.14. The monoisotopic (exact) mass is 290 g/mol. The minimum absolute atomic E-state index is 0.182. The van der Waals surface area contributed by atoms with Crippen LogP contribution in [0.25, 0.3) is 0 Å². The summed E-state index contributed by atoms with van der Waals surface area (Å²) in [6.07, 6.45) is 1.54. The fourth-order valence-electron chi connectivity index (χ4n) is 2.02. The molecule has 104 valence electrons. The van der Waals surface area contributed by atoms with Gasteiger partial charge >= 0.3 is 0 Å². The summed E-state index contributed by atoms with van der Waals surface area (Å²) >= 11 is 5.91. The number of carbonyl (C=O) groups is 1. The molecule has 2 aromatic rings. The van der Waals surface area contributed by atoms with Gasteiger partial charge in [0.05, 0.1) is 12.7 Å². The van der Waals surface area contributed by atoms with E-state index < -0.39 is 0 Å². The number of methoxy groups -OCH3 is 1. The second-order valence-corrected chi connectivity index (χ2v) is 4.74. The van der Waals surface area contributed by atoms with E-state index in [1.807, 2.05) is 26.0 Å². The van der Waals surface area contributed by atoms with E-state index in [1.54, 1.807) is 25.4 Å². The second kappa shape index (κ2) is 5.92. The molecule has 0 aliphatic carbocycles. The lowest BCUT2D eigenvalue weighted by atomic mass is 10.1. The Balaban J connectivity index is 2.32. The van der Waals surface area contributed by atoms with Crippen LogP contribution >= 0.6 is 11.6 Å². The van der Waals surface area contributed by atoms with E-state index in [1.165, 1.54) is 0 Å². The van der Waals surface area contributed by atoms with Crippen molar-refractivity contribution in [3.63, 3.8) is 0 Å². The number of pyridine rings is 1. The Morgan fingerprint density at radius 1 is 1.30 bits per heavy atom. The third-order valence-corrected chi connectivity index (χ3v) is 3.36. The van der Waals surface area contributed by atoms with E-state index in [0.29, 0.717) is 11.3 Å². The van der Waals surface area contributed by atoms with Gasteiger partial charge in [0.15, 0.2) is 0 Å². The highest BCUT2D eigenvalue weighted by atomic mass is 35.5. The van der Waals surface area contributed by atoms with Crippen LogP contribution < -0.4 is 10.1 Å². The van der Waals surface area contributed by atoms with E-state index in [2.05, 4.69) is 10.3 Å². The molecule has 0 atom stereocenters. The lowest BCUT2D eigenvalue weighted by molar-refractivity contribution is 0.102. The summed E-state index contributed by atoms with van der Waals surface area (Å²) in [5.41, 5.74) is 2.92. The van der Waals surface area contributed by atoms with Crippen LogP contribution in [0.3, 0.4) is 0 Å². The normalized spacial score (nSPS) is 10.2. The molecule has 5 heteroatoms. The molecule has 0 spiro atoms. The van der Waals surface area contributed by atoms with Crippen molar-refractivity contribution in [2.24, 2.45) is 0 Å². The predicted molar refractivity (Wildman–Crippen MR) is 79.7 cm³/mol.